The Balaban J connectivity index is 0.00000341. The van der Waals surface area contributed by atoms with Gasteiger partial charge in [0.2, 0.25) is 0 Å². The molecule has 1 saturated heterocycles. The van der Waals surface area contributed by atoms with Crippen molar-refractivity contribution in [3.63, 3.8) is 0 Å². The molecule has 1 heterocycles. The standard InChI is InChI=1S/C23H29F3N4.HI/c1-27-22(28-15-19-7-9-21(10-8-19)23(24,25)26)29-16-20-12-14-30(17-20)13-11-18-5-3-2-4-6-18;/h2-10,20H,11-17H2,1H3,(H2,27,28,29);1H. The highest BCUT2D eigenvalue weighted by atomic mass is 127. The number of benzene rings is 2. The molecule has 0 saturated carbocycles. The van der Waals surface area contributed by atoms with E-state index in [1.165, 1.54) is 17.7 Å². The van der Waals surface area contributed by atoms with Crippen LogP contribution in [-0.2, 0) is 19.1 Å². The number of halogens is 4. The smallest absolute Gasteiger partial charge is 0.356 e. The molecule has 1 unspecified atom stereocenters. The molecule has 31 heavy (non-hydrogen) atoms. The third-order valence-electron chi connectivity index (χ3n) is 5.45. The van der Waals surface area contributed by atoms with Gasteiger partial charge in [0.25, 0.3) is 0 Å². The fourth-order valence-electron chi connectivity index (χ4n) is 3.67. The zero-order chi connectivity index (χ0) is 21.4. The molecule has 0 bridgehead atoms. The Bertz CT molecular complexity index is 810. The lowest BCUT2D eigenvalue weighted by Gasteiger charge is -2.18. The number of alkyl halides is 3. The largest absolute Gasteiger partial charge is 0.416 e. The van der Waals surface area contributed by atoms with E-state index in [0.717, 1.165) is 56.7 Å². The summed E-state index contributed by atoms with van der Waals surface area (Å²) < 4.78 is 38.0. The van der Waals surface area contributed by atoms with Gasteiger partial charge in [0, 0.05) is 33.2 Å². The molecule has 1 fully saturated rings. The molecule has 1 aliphatic rings. The zero-order valence-electron chi connectivity index (χ0n) is 17.7. The predicted octanol–water partition coefficient (Wildman–Crippen LogP) is 4.55. The summed E-state index contributed by atoms with van der Waals surface area (Å²) in [5.41, 5.74) is 1.51. The Labute approximate surface area is 199 Å². The van der Waals surface area contributed by atoms with Crippen LogP contribution >= 0.6 is 24.0 Å². The van der Waals surface area contributed by atoms with E-state index >= 15 is 0 Å². The molecule has 2 N–H and O–H groups in total. The maximum absolute atomic E-state index is 12.7. The zero-order valence-corrected chi connectivity index (χ0v) is 20.0. The lowest BCUT2D eigenvalue weighted by atomic mass is 10.1. The molecule has 0 aliphatic carbocycles. The monoisotopic (exact) mass is 546 g/mol. The summed E-state index contributed by atoms with van der Waals surface area (Å²) in [5.74, 6) is 1.23. The molecule has 8 heteroatoms. The first-order chi connectivity index (χ1) is 14.4. The quantitative estimate of drug-likeness (QED) is 0.304. The van der Waals surface area contributed by atoms with Gasteiger partial charge in [-0.3, -0.25) is 4.99 Å². The molecule has 3 rings (SSSR count). The summed E-state index contributed by atoms with van der Waals surface area (Å²) in [5, 5.41) is 6.51. The number of aliphatic imine (C=N–C) groups is 1. The predicted molar refractivity (Wildman–Crippen MR) is 130 cm³/mol. The molecule has 1 aliphatic heterocycles. The van der Waals surface area contributed by atoms with Crippen LogP contribution in [0.2, 0.25) is 0 Å². The summed E-state index contributed by atoms with van der Waals surface area (Å²) in [6.45, 7) is 4.49. The molecule has 0 aromatic heterocycles. The van der Waals surface area contributed by atoms with Crippen LogP contribution in [-0.4, -0.2) is 44.1 Å². The number of likely N-dealkylation sites (tertiary alicyclic amines) is 1. The average Bonchev–Trinajstić information content (AvgIpc) is 3.21. The number of guanidine groups is 1. The highest BCUT2D eigenvalue weighted by Crippen LogP contribution is 2.29. The van der Waals surface area contributed by atoms with Crippen molar-refractivity contribution in [1.29, 1.82) is 0 Å². The minimum absolute atomic E-state index is 0. The van der Waals surface area contributed by atoms with Crippen molar-refractivity contribution >= 4 is 29.9 Å². The van der Waals surface area contributed by atoms with Gasteiger partial charge in [-0.2, -0.15) is 13.2 Å². The second-order valence-corrected chi connectivity index (χ2v) is 7.69. The maximum Gasteiger partial charge on any atom is 0.416 e. The van der Waals surface area contributed by atoms with Crippen LogP contribution in [0.3, 0.4) is 0 Å². The molecule has 0 radical (unpaired) electrons. The van der Waals surface area contributed by atoms with Crippen molar-refractivity contribution in [1.82, 2.24) is 15.5 Å². The summed E-state index contributed by atoms with van der Waals surface area (Å²) in [7, 11) is 1.70. The van der Waals surface area contributed by atoms with E-state index in [2.05, 4.69) is 44.8 Å². The summed E-state index contributed by atoms with van der Waals surface area (Å²) in [6, 6.07) is 15.7. The highest BCUT2D eigenvalue weighted by molar-refractivity contribution is 14.0. The van der Waals surface area contributed by atoms with Crippen molar-refractivity contribution in [3.05, 3.63) is 71.3 Å². The Hall–Kier alpha value is -1.81. The van der Waals surface area contributed by atoms with Crippen LogP contribution in [0.15, 0.2) is 59.6 Å². The van der Waals surface area contributed by atoms with Crippen molar-refractivity contribution in [2.45, 2.75) is 25.6 Å². The van der Waals surface area contributed by atoms with Crippen molar-refractivity contribution in [3.8, 4) is 0 Å². The summed E-state index contributed by atoms with van der Waals surface area (Å²) >= 11 is 0. The maximum atomic E-state index is 12.7. The molecule has 170 valence electrons. The van der Waals surface area contributed by atoms with Gasteiger partial charge >= 0.3 is 6.18 Å². The topological polar surface area (TPSA) is 39.7 Å². The normalized spacial score (nSPS) is 17.3. The van der Waals surface area contributed by atoms with Gasteiger partial charge in [0.05, 0.1) is 5.56 Å². The number of nitrogens with zero attached hydrogens (tertiary/aromatic N) is 2. The molecule has 4 nitrogen and oxygen atoms in total. The van der Waals surface area contributed by atoms with Crippen molar-refractivity contribution < 1.29 is 13.2 Å². The van der Waals surface area contributed by atoms with E-state index < -0.39 is 11.7 Å². The van der Waals surface area contributed by atoms with E-state index in [0.29, 0.717) is 18.4 Å². The lowest BCUT2D eigenvalue weighted by Crippen LogP contribution is -2.40. The number of hydrogen-bond acceptors (Lipinski definition) is 2. The second kappa shape index (κ2) is 12.3. The van der Waals surface area contributed by atoms with Gasteiger partial charge in [0.1, 0.15) is 0 Å². The second-order valence-electron chi connectivity index (χ2n) is 7.69. The van der Waals surface area contributed by atoms with E-state index in [-0.39, 0.29) is 24.0 Å². The molecule has 0 spiro atoms. The Morgan fingerprint density at radius 3 is 2.39 bits per heavy atom. The third kappa shape index (κ3) is 8.33. The van der Waals surface area contributed by atoms with Crippen LogP contribution in [0, 0.1) is 5.92 Å². The van der Waals surface area contributed by atoms with Gasteiger partial charge in [-0.15, -0.1) is 24.0 Å². The van der Waals surface area contributed by atoms with Gasteiger partial charge in [-0.25, -0.2) is 0 Å². The van der Waals surface area contributed by atoms with Crippen molar-refractivity contribution in [2.24, 2.45) is 10.9 Å². The number of nitrogens with one attached hydrogen (secondary N) is 2. The van der Waals surface area contributed by atoms with Crippen LogP contribution in [0.5, 0.6) is 0 Å². The summed E-state index contributed by atoms with van der Waals surface area (Å²) in [4.78, 5) is 6.71. The Kier molecular flexibility index (Phi) is 10.1. The Morgan fingerprint density at radius 2 is 1.74 bits per heavy atom. The van der Waals surface area contributed by atoms with E-state index in [1.807, 2.05) is 6.07 Å². The van der Waals surface area contributed by atoms with Gasteiger partial charge in [-0.1, -0.05) is 42.5 Å². The van der Waals surface area contributed by atoms with E-state index in [1.54, 1.807) is 7.05 Å². The first kappa shape index (κ1) is 25.5. The first-order valence-electron chi connectivity index (χ1n) is 10.3. The minimum Gasteiger partial charge on any atom is -0.356 e. The number of hydrogen-bond donors (Lipinski definition) is 2. The Morgan fingerprint density at radius 1 is 1.03 bits per heavy atom. The molecule has 1 atom stereocenters. The molecule has 2 aromatic rings. The van der Waals surface area contributed by atoms with E-state index in [9.17, 15) is 13.2 Å². The van der Waals surface area contributed by atoms with Crippen LogP contribution in [0.25, 0.3) is 0 Å². The van der Waals surface area contributed by atoms with Gasteiger partial charge < -0.3 is 15.5 Å². The summed E-state index contributed by atoms with van der Waals surface area (Å²) in [6.07, 6.45) is -2.09. The SMILES string of the molecule is CN=C(NCc1ccc(C(F)(F)F)cc1)NCC1CCN(CCc2ccccc2)C1.I. The molecule has 0 amide bonds. The van der Waals surface area contributed by atoms with Crippen LogP contribution in [0.4, 0.5) is 13.2 Å². The van der Waals surface area contributed by atoms with Gasteiger partial charge in [-0.05, 0) is 48.6 Å². The first-order valence-corrected chi connectivity index (χ1v) is 10.3. The average molecular weight is 546 g/mol. The fourth-order valence-corrected chi connectivity index (χ4v) is 3.67. The third-order valence-corrected chi connectivity index (χ3v) is 5.45. The minimum atomic E-state index is -4.31. The number of rotatable bonds is 7. The molecular formula is C23H30F3IN4. The van der Waals surface area contributed by atoms with E-state index in [4.69, 9.17) is 0 Å². The lowest BCUT2D eigenvalue weighted by molar-refractivity contribution is -0.137. The van der Waals surface area contributed by atoms with Gasteiger partial charge in [0.15, 0.2) is 5.96 Å². The highest BCUT2D eigenvalue weighted by Gasteiger charge is 2.29. The fraction of sp³-hybridized carbons (Fsp3) is 0.435. The van der Waals surface area contributed by atoms with Crippen molar-refractivity contribution in [2.75, 3.05) is 33.2 Å². The molecular weight excluding hydrogens is 516 g/mol. The van der Waals surface area contributed by atoms with Crippen LogP contribution in [0.1, 0.15) is 23.1 Å². The van der Waals surface area contributed by atoms with Crippen LogP contribution < -0.4 is 10.6 Å². The molecule has 2 aromatic carbocycles.